The molecule has 1 fully saturated rings. The minimum atomic E-state index is -4.08. The van der Waals surface area contributed by atoms with E-state index in [1.165, 1.54) is 6.92 Å². The van der Waals surface area contributed by atoms with Crippen LogP contribution in [0.4, 0.5) is 8.78 Å². The van der Waals surface area contributed by atoms with Crippen molar-refractivity contribution < 1.29 is 22.3 Å². The van der Waals surface area contributed by atoms with Gasteiger partial charge in [-0.15, -0.1) is 0 Å². The van der Waals surface area contributed by atoms with Crippen LogP contribution in [0.5, 0.6) is 0 Å². The molecule has 1 saturated carbocycles. The third kappa shape index (κ3) is 3.78. The molecule has 1 aliphatic carbocycles. The SMILES string of the molecule is Cc1cc(F)c(S(=O)(=O)NC2CCC(CO)CC2)cc1F. The molecule has 0 heterocycles. The molecule has 0 saturated heterocycles. The minimum Gasteiger partial charge on any atom is -0.396 e. The van der Waals surface area contributed by atoms with Gasteiger partial charge < -0.3 is 5.11 Å². The van der Waals surface area contributed by atoms with Gasteiger partial charge in [0.05, 0.1) is 0 Å². The first-order valence-corrected chi connectivity index (χ1v) is 8.40. The maximum atomic E-state index is 13.8. The maximum Gasteiger partial charge on any atom is 0.243 e. The molecular formula is C14H19F2NO3S. The van der Waals surface area contributed by atoms with Crippen molar-refractivity contribution in [3.63, 3.8) is 0 Å². The Morgan fingerprint density at radius 2 is 1.81 bits per heavy atom. The fraction of sp³-hybridized carbons (Fsp3) is 0.571. The molecule has 21 heavy (non-hydrogen) atoms. The Hall–Kier alpha value is -1.05. The van der Waals surface area contributed by atoms with Crippen LogP contribution in [0.2, 0.25) is 0 Å². The number of benzene rings is 1. The van der Waals surface area contributed by atoms with E-state index in [-0.39, 0.29) is 24.1 Å². The van der Waals surface area contributed by atoms with Crippen molar-refractivity contribution in [1.82, 2.24) is 4.72 Å². The highest BCUT2D eigenvalue weighted by atomic mass is 32.2. The van der Waals surface area contributed by atoms with Crippen molar-refractivity contribution in [3.05, 3.63) is 29.3 Å². The molecule has 0 amide bonds. The zero-order chi connectivity index (χ0) is 15.6. The highest BCUT2D eigenvalue weighted by Gasteiger charge is 2.27. The zero-order valence-electron chi connectivity index (χ0n) is 11.8. The molecule has 2 N–H and O–H groups in total. The van der Waals surface area contributed by atoms with E-state index in [1.807, 2.05) is 0 Å². The smallest absolute Gasteiger partial charge is 0.243 e. The van der Waals surface area contributed by atoms with Gasteiger partial charge in [-0.3, -0.25) is 0 Å². The van der Waals surface area contributed by atoms with Crippen LogP contribution in [-0.2, 0) is 10.0 Å². The van der Waals surface area contributed by atoms with E-state index in [0.717, 1.165) is 6.07 Å². The van der Waals surface area contributed by atoms with E-state index < -0.39 is 26.6 Å². The highest BCUT2D eigenvalue weighted by Crippen LogP contribution is 2.26. The normalized spacial score (nSPS) is 23.2. The van der Waals surface area contributed by atoms with Crippen LogP contribution >= 0.6 is 0 Å². The Kier molecular flexibility index (Phi) is 4.95. The molecule has 0 bridgehead atoms. The molecule has 2 rings (SSSR count). The van der Waals surface area contributed by atoms with E-state index in [2.05, 4.69) is 4.72 Å². The topological polar surface area (TPSA) is 66.4 Å². The van der Waals surface area contributed by atoms with Crippen molar-refractivity contribution >= 4 is 10.0 Å². The Bertz CT molecular complexity index is 611. The number of sulfonamides is 1. The molecule has 0 radical (unpaired) electrons. The number of hydrogen-bond donors (Lipinski definition) is 2. The Balaban J connectivity index is 2.14. The fourth-order valence-corrected chi connectivity index (χ4v) is 3.96. The summed E-state index contributed by atoms with van der Waals surface area (Å²) >= 11 is 0. The van der Waals surface area contributed by atoms with Gasteiger partial charge in [-0.2, -0.15) is 0 Å². The summed E-state index contributed by atoms with van der Waals surface area (Å²) in [6.45, 7) is 1.47. The molecule has 118 valence electrons. The largest absolute Gasteiger partial charge is 0.396 e. The fourth-order valence-electron chi connectivity index (χ4n) is 2.58. The lowest BCUT2D eigenvalue weighted by molar-refractivity contribution is 0.180. The lowest BCUT2D eigenvalue weighted by Crippen LogP contribution is -2.38. The first kappa shape index (κ1) is 16.3. The number of halogens is 2. The summed E-state index contributed by atoms with van der Waals surface area (Å²) in [6.07, 6.45) is 2.60. The van der Waals surface area contributed by atoms with E-state index in [9.17, 15) is 17.2 Å². The summed E-state index contributed by atoms with van der Waals surface area (Å²) in [7, 11) is -4.08. The Morgan fingerprint density at radius 3 is 2.38 bits per heavy atom. The molecule has 0 spiro atoms. The molecule has 7 heteroatoms. The quantitative estimate of drug-likeness (QED) is 0.893. The lowest BCUT2D eigenvalue weighted by atomic mass is 9.87. The average Bonchev–Trinajstić information content (AvgIpc) is 2.43. The predicted molar refractivity (Wildman–Crippen MR) is 74.2 cm³/mol. The number of aliphatic hydroxyl groups is 1. The molecule has 1 aliphatic rings. The van der Waals surface area contributed by atoms with Crippen LogP contribution in [0, 0.1) is 24.5 Å². The van der Waals surface area contributed by atoms with Gasteiger partial charge >= 0.3 is 0 Å². The van der Waals surface area contributed by atoms with Gasteiger partial charge in [-0.05, 0) is 56.2 Å². The molecular weight excluding hydrogens is 300 g/mol. The van der Waals surface area contributed by atoms with Crippen molar-refractivity contribution in [2.45, 2.75) is 43.5 Å². The van der Waals surface area contributed by atoms with Crippen molar-refractivity contribution in [2.24, 2.45) is 5.92 Å². The van der Waals surface area contributed by atoms with E-state index in [1.54, 1.807) is 0 Å². The number of hydrogen-bond acceptors (Lipinski definition) is 3. The molecule has 1 aromatic rings. The summed E-state index contributed by atoms with van der Waals surface area (Å²) in [5, 5.41) is 9.05. The van der Waals surface area contributed by atoms with Gasteiger partial charge in [0.1, 0.15) is 16.5 Å². The van der Waals surface area contributed by atoms with Gasteiger partial charge in [-0.25, -0.2) is 21.9 Å². The van der Waals surface area contributed by atoms with Gasteiger partial charge in [0.2, 0.25) is 10.0 Å². The van der Waals surface area contributed by atoms with Crippen LogP contribution in [0.3, 0.4) is 0 Å². The number of nitrogens with one attached hydrogen (secondary N) is 1. The summed E-state index contributed by atoms with van der Waals surface area (Å²) < 4.78 is 54.0. The zero-order valence-corrected chi connectivity index (χ0v) is 12.6. The van der Waals surface area contributed by atoms with Crippen LogP contribution in [0.15, 0.2) is 17.0 Å². The van der Waals surface area contributed by atoms with Crippen LogP contribution in [0.1, 0.15) is 31.2 Å². The molecule has 4 nitrogen and oxygen atoms in total. The minimum absolute atomic E-state index is 0.0647. The summed E-state index contributed by atoms with van der Waals surface area (Å²) in [6, 6.07) is 1.29. The van der Waals surface area contributed by atoms with E-state index in [4.69, 9.17) is 5.11 Å². The van der Waals surface area contributed by atoms with Crippen LogP contribution in [0.25, 0.3) is 0 Å². The third-order valence-corrected chi connectivity index (χ3v) is 5.46. The molecule has 0 aliphatic heterocycles. The van der Waals surface area contributed by atoms with Crippen LogP contribution < -0.4 is 4.72 Å². The van der Waals surface area contributed by atoms with Crippen molar-refractivity contribution in [3.8, 4) is 0 Å². The maximum absolute atomic E-state index is 13.8. The highest BCUT2D eigenvalue weighted by molar-refractivity contribution is 7.89. The van der Waals surface area contributed by atoms with Gasteiger partial charge in [0.25, 0.3) is 0 Å². The molecule has 0 unspecified atom stereocenters. The Labute approximate surface area is 123 Å². The Morgan fingerprint density at radius 1 is 1.19 bits per heavy atom. The van der Waals surface area contributed by atoms with Crippen molar-refractivity contribution in [2.75, 3.05) is 6.61 Å². The summed E-state index contributed by atoms with van der Waals surface area (Å²) in [5.74, 6) is -1.51. The predicted octanol–water partition coefficient (Wildman–Crippen LogP) is 2.10. The summed E-state index contributed by atoms with van der Waals surface area (Å²) in [5.41, 5.74) is 0.0647. The van der Waals surface area contributed by atoms with Crippen molar-refractivity contribution in [1.29, 1.82) is 0 Å². The third-order valence-electron chi connectivity index (χ3n) is 3.93. The second kappa shape index (κ2) is 6.37. The first-order chi connectivity index (χ1) is 9.83. The second-order valence-corrected chi connectivity index (χ2v) is 7.24. The van der Waals surface area contributed by atoms with Gasteiger partial charge in [0, 0.05) is 12.6 Å². The molecule has 0 atom stereocenters. The second-order valence-electron chi connectivity index (χ2n) is 5.55. The summed E-state index contributed by atoms with van der Waals surface area (Å²) in [4.78, 5) is -0.658. The number of aliphatic hydroxyl groups excluding tert-OH is 1. The van der Waals surface area contributed by atoms with Gasteiger partial charge in [-0.1, -0.05) is 0 Å². The first-order valence-electron chi connectivity index (χ1n) is 6.92. The van der Waals surface area contributed by atoms with Gasteiger partial charge in [0.15, 0.2) is 0 Å². The number of rotatable bonds is 4. The average molecular weight is 319 g/mol. The molecule has 1 aromatic carbocycles. The number of aryl methyl sites for hydroxylation is 1. The van der Waals surface area contributed by atoms with E-state index in [0.29, 0.717) is 31.7 Å². The monoisotopic (exact) mass is 319 g/mol. The lowest BCUT2D eigenvalue weighted by Gasteiger charge is -2.27. The molecule has 0 aromatic heterocycles. The van der Waals surface area contributed by atoms with Crippen LogP contribution in [-0.4, -0.2) is 26.2 Å². The van der Waals surface area contributed by atoms with E-state index >= 15 is 0 Å². The standard InChI is InChI=1S/C14H19F2NO3S/c1-9-6-13(16)14(7-12(9)15)21(19,20)17-11-4-2-10(8-18)3-5-11/h6-7,10-11,17-18H,2-5,8H2,1H3.